The van der Waals surface area contributed by atoms with Gasteiger partial charge in [0.15, 0.2) is 0 Å². The number of fused-ring (bicyclic) bond motifs is 2. The van der Waals surface area contributed by atoms with E-state index in [1.54, 1.807) is 58.0 Å². The first kappa shape index (κ1) is 26.1. The van der Waals surface area contributed by atoms with E-state index in [1.807, 2.05) is 37.3 Å². The quantitative estimate of drug-likeness (QED) is 0.530. The van der Waals surface area contributed by atoms with Crippen LogP contribution in [0.2, 0.25) is 0 Å². The van der Waals surface area contributed by atoms with Gasteiger partial charge in [-0.05, 0) is 69.0 Å². The minimum absolute atomic E-state index is 0.0827. The summed E-state index contributed by atoms with van der Waals surface area (Å²) in [5, 5.41) is 0. The molecule has 1 fully saturated rings. The topological polar surface area (TPSA) is 90.0 Å². The molecular formula is C30H31NO6S. The number of rotatable bonds is 5. The van der Waals surface area contributed by atoms with Gasteiger partial charge in [-0.1, -0.05) is 54.1 Å². The Hall–Kier alpha value is -3.49. The zero-order valence-corrected chi connectivity index (χ0v) is 23.0. The number of carbonyl (C=O) groups excluding carboxylic acids is 2. The van der Waals surface area contributed by atoms with E-state index in [4.69, 9.17) is 9.47 Å². The van der Waals surface area contributed by atoms with Gasteiger partial charge in [-0.15, -0.1) is 0 Å². The summed E-state index contributed by atoms with van der Waals surface area (Å²) in [5.74, 6) is -1.03. The second-order valence-corrected chi connectivity index (χ2v) is 12.3. The molecule has 38 heavy (non-hydrogen) atoms. The summed E-state index contributed by atoms with van der Waals surface area (Å²) in [7, 11) is -3.83. The molecular weight excluding hydrogens is 502 g/mol. The van der Waals surface area contributed by atoms with Crippen molar-refractivity contribution in [1.29, 1.82) is 0 Å². The molecule has 3 aliphatic rings. The molecule has 198 valence electrons. The van der Waals surface area contributed by atoms with Gasteiger partial charge < -0.3 is 9.47 Å². The lowest BCUT2D eigenvalue weighted by Gasteiger charge is -2.45. The number of hydrogen-bond acceptors (Lipinski definition) is 6. The minimum Gasteiger partial charge on any atom is -0.465 e. The molecule has 2 aromatic carbocycles. The summed E-state index contributed by atoms with van der Waals surface area (Å²) in [6.07, 6.45) is 1.80. The maximum absolute atomic E-state index is 14.0. The highest BCUT2D eigenvalue weighted by Crippen LogP contribution is 2.54. The van der Waals surface area contributed by atoms with E-state index in [2.05, 4.69) is 0 Å². The Balaban J connectivity index is 1.79. The Morgan fingerprint density at radius 3 is 2.29 bits per heavy atom. The standard InChI is InChI=1S/C30H31NO6S/c1-6-36-28(33)30(22-10-8-7-9-11-22)16-21-17-31(38(34,35)23-14-12-19(2)13-15-23)18-24(21)26-25(30)20(3)27(32)37-29(26,4)5/h7-16H,6,17-18H2,1-5H3/t30-/m0/s1. The second kappa shape index (κ2) is 9.06. The Bertz CT molecular complexity index is 1530. The molecule has 2 heterocycles. The highest BCUT2D eigenvalue weighted by molar-refractivity contribution is 7.89. The number of cyclic esters (lactones) is 1. The molecule has 2 aromatic rings. The largest absolute Gasteiger partial charge is 0.465 e. The third-order valence-corrected chi connectivity index (χ3v) is 9.33. The predicted molar refractivity (Wildman–Crippen MR) is 143 cm³/mol. The summed E-state index contributed by atoms with van der Waals surface area (Å²) in [5.41, 5.74) is 2.00. The van der Waals surface area contributed by atoms with Crippen molar-refractivity contribution in [2.75, 3.05) is 19.7 Å². The zero-order chi connectivity index (χ0) is 27.5. The van der Waals surface area contributed by atoms with Gasteiger partial charge in [0.25, 0.3) is 0 Å². The molecule has 5 rings (SSSR count). The number of sulfonamides is 1. The van der Waals surface area contributed by atoms with Crippen molar-refractivity contribution >= 4 is 22.0 Å². The van der Waals surface area contributed by atoms with Crippen molar-refractivity contribution < 1.29 is 27.5 Å². The van der Waals surface area contributed by atoms with Crippen LogP contribution in [0.25, 0.3) is 0 Å². The zero-order valence-electron chi connectivity index (χ0n) is 22.2. The van der Waals surface area contributed by atoms with Crippen LogP contribution in [0.4, 0.5) is 0 Å². The van der Waals surface area contributed by atoms with Crippen LogP contribution in [0.15, 0.2) is 93.4 Å². The van der Waals surface area contributed by atoms with Crippen molar-refractivity contribution in [1.82, 2.24) is 4.31 Å². The summed E-state index contributed by atoms with van der Waals surface area (Å²) in [6, 6.07) is 15.9. The van der Waals surface area contributed by atoms with E-state index >= 15 is 0 Å². The van der Waals surface area contributed by atoms with E-state index in [-0.39, 0.29) is 24.6 Å². The lowest BCUT2D eigenvalue weighted by atomic mass is 9.61. The summed E-state index contributed by atoms with van der Waals surface area (Å²) >= 11 is 0. The van der Waals surface area contributed by atoms with Gasteiger partial charge in [0.2, 0.25) is 10.0 Å². The van der Waals surface area contributed by atoms with Crippen molar-refractivity contribution in [2.45, 2.75) is 50.5 Å². The van der Waals surface area contributed by atoms with Crippen molar-refractivity contribution in [3.05, 3.63) is 99.7 Å². The molecule has 8 heteroatoms. The molecule has 7 nitrogen and oxygen atoms in total. The maximum atomic E-state index is 14.0. The molecule has 1 aliphatic carbocycles. The van der Waals surface area contributed by atoms with Gasteiger partial charge in [0.05, 0.1) is 11.5 Å². The van der Waals surface area contributed by atoms with Gasteiger partial charge in [-0.2, -0.15) is 4.31 Å². The SMILES string of the molecule is CCOC(=O)[C@]1(c2ccccc2)C=C2CN(S(=O)(=O)c3ccc(C)cc3)CC2=C2C1=C(C)C(=O)OC2(C)C. The molecule has 1 atom stereocenters. The monoisotopic (exact) mass is 533 g/mol. The Kier molecular flexibility index (Phi) is 6.23. The van der Waals surface area contributed by atoms with Crippen molar-refractivity contribution in [3.63, 3.8) is 0 Å². The molecule has 0 spiro atoms. The minimum atomic E-state index is -3.83. The second-order valence-electron chi connectivity index (χ2n) is 10.4. The van der Waals surface area contributed by atoms with E-state index in [1.165, 1.54) is 4.31 Å². The van der Waals surface area contributed by atoms with E-state index in [0.717, 1.165) is 11.1 Å². The maximum Gasteiger partial charge on any atom is 0.334 e. The van der Waals surface area contributed by atoms with Gasteiger partial charge >= 0.3 is 11.9 Å². The van der Waals surface area contributed by atoms with Crippen molar-refractivity contribution in [2.24, 2.45) is 0 Å². The average molecular weight is 534 g/mol. The molecule has 0 saturated carbocycles. The normalized spacial score (nSPS) is 23.0. The molecule has 2 aliphatic heterocycles. The first-order valence-corrected chi connectivity index (χ1v) is 14.1. The van der Waals surface area contributed by atoms with Crippen LogP contribution in [0.3, 0.4) is 0 Å². The fourth-order valence-corrected chi connectivity index (χ4v) is 7.15. The molecule has 1 saturated heterocycles. The van der Waals surface area contributed by atoms with E-state index in [9.17, 15) is 18.0 Å². The van der Waals surface area contributed by atoms with Crippen LogP contribution in [-0.2, 0) is 34.5 Å². The first-order chi connectivity index (χ1) is 17.9. The molecule has 0 radical (unpaired) electrons. The van der Waals surface area contributed by atoms with Gasteiger partial charge in [-0.3, -0.25) is 4.79 Å². The number of benzene rings is 2. The fraction of sp³-hybridized carbons (Fsp3) is 0.333. The molecule has 0 bridgehead atoms. The van der Waals surface area contributed by atoms with E-state index < -0.39 is 33.0 Å². The number of carbonyl (C=O) groups is 2. The molecule has 0 amide bonds. The fourth-order valence-electron chi connectivity index (χ4n) is 5.76. The highest BCUT2D eigenvalue weighted by Gasteiger charge is 2.56. The van der Waals surface area contributed by atoms with Crippen molar-refractivity contribution in [3.8, 4) is 0 Å². The van der Waals surface area contributed by atoms with Gasteiger partial charge in [0, 0.05) is 24.2 Å². The number of hydrogen-bond donors (Lipinski definition) is 0. The third-order valence-electron chi connectivity index (χ3n) is 7.52. The summed E-state index contributed by atoms with van der Waals surface area (Å²) in [4.78, 5) is 27.3. The lowest BCUT2D eigenvalue weighted by molar-refractivity contribution is -0.150. The van der Waals surface area contributed by atoms with Crippen LogP contribution in [-0.4, -0.2) is 50.0 Å². The molecule has 0 aromatic heterocycles. The Morgan fingerprint density at radius 2 is 1.66 bits per heavy atom. The lowest BCUT2D eigenvalue weighted by Crippen LogP contribution is -2.49. The Labute approximate surface area is 223 Å². The number of aryl methyl sites for hydroxylation is 1. The van der Waals surface area contributed by atoms with Gasteiger partial charge in [0.1, 0.15) is 11.0 Å². The summed E-state index contributed by atoms with van der Waals surface area (Å²) < 4.78 is 40.3. The van der Waals surface area contributed by atoms with E-state index in [0.29, 0.717) is 27.9 Å². The molecule has 0 unspecified atom stereocenters. The van der Waals surface area contributed by atoms with Gasteiger partial charge in [-0.25, -0.2) is 13.2 Å². The average Bonchev–Trinajstić information content (AvgIpc) is 3.31. The Morgan fingerprint density at radius 1 is 1.00 bits per heavy atom. The van der Waals surface area contributed by atoms with Crippen LogP contribution in [0.1, 0.15) is 38.8 Å². The van der Waals surface area contributed by atoms with Crippen LogP contribution >= 0.6 is 0 Å². The third kappa shape index (κ3) is 3.85. The summed E-state index contributed by atoms with van der Waals surface area (Å²) in [6.45, 7) is 9.18. The number of ether oxygens (including phenoxy) is 2. The van der Waals surface area contributed by atoms with Crippen LogP contribution in [0.5, 0.6) is 0 Å². The highest BCUT2D eigenvalue weighted by atomic mass is 32.2. The van der Waals surface area contributed by atoms with Crippen LogP contribution < -0.4 is 0 Å². The number of esters is 2. The smallest absolute Gasteiger partial charge is 0.334 e. The molecule has 0 N–H and O–H groups in total. The first-order valence-electron chi connectivity index (χ1n) is 12.6. The predicted octanol–water partition coefficient (Wildman–Crippen LogP) is 4.39. The number of nitrogens with zero attached hydrogens (tertiary/aromatic N) is 1. The van der Waals surface area contributed by atoms with Crippen LogP contribution in [0, 0.1) is 6.92 Å².